The lowest BCUT2D eigenvalue weighted by molar-refractivity contribution is 0.0135. The van der Waals surface area contributed by atoms with E-state index >= 15 is 0 Å². The van der Waals surface area contributed by atoms with Crippen molar-refractivity contribution in [1.29, 1.82) is 0 Å². The van der Waals surface area contributed by atoms with Crippen LogP contribution in [-0.2, 0) is 17.6 Å². The summed E-state index contributed by atoms with van der Waals surface area (Å²) in [7, 11) is 0. The third-order valence-corrected chi connectivity index (χ3v) is 5.59. The van der Waals surface area contributed by atoms with Gasteiger partial charge in [-0.15, -0.1) is 0 Å². The van der Waals surface area contributed by atoms with Crippen LogP contribution in [0.25, 0.3) is 0 Å². The van der Waals surface area contributed by atoms with Crippen molar-refractivity contribution >= 4 is 15.9 Å². The van der Waals surface area contributed by atoms with E-state index in [4.69, 9.17) is 10.5 Å². The van der Waals surface area contributed by atoms with Crippen molar-refractivity contribution in [1.82, 2.24) is 5.32 Å². The number of hydrogen-bond acceptors (Lipinski definition) is 3. The fourth-order valence-electron chi connectivity index (χ4n) is 3.57. The highest BCUT2D eigenvalue weighted by Gasteiger charge is 2.37. The normalized spacial score (nSPS) is 32.1. The molecule has 21 heavy (non-hydrogen) atoms. The quantitative estimate of drug-likeness (QED) is 0.875. The molecule has 116 valence electrons. The van der Waals surface area contributed by atoms with Crippen LogP contribution in [0.4, 0.5) is 0 Å². The number of aryl methyl sites for hydroxylation is 1. The highest BCUT2D eigenvalue weighted by Crippen LogP contribution is 2.31. The Hall–Kier alpha value is -0.420. The van der Waals surface area contributed by atoms with Crippen LogP contribution in [-0.4, -0.2) is 30.8 Å². The maximum Gasteiger partial charge on any atom is 0.0779 e. The number of nitrogens with two attached hydrogens (primary N) is 1. The SMILES string of the molecule is CC1(CNC2(CN)CCc3cc(Br)ccc3C2)CCCO1. The largest absolute Gasteiger partial charge is 0.374 e. The van der Waals surface area contributed by atoms with E-state index in [9.17, 15) is 0 Å². The molecule has 2 unspecified atom stereocenters. The molecule has 0 spiro atoms. The van der Waals surface area contributed by atoms with Gasteiger partial charge in [0.1, 0.15) is 0 Å². The zero-order valence-electron chi connectivity index (χ0n) is 12.8. The summed E-state index contributed by atoms with van der Waals surface area (Å²) in [6, 6.07) is 6.61. The van der Waals surface area contributed by atoms with Crippen molar-refractivity contribution in [3.8, 4) is 0 Å². The Morgan fingerprint density at radius 1 is 1.33 bits per heavy atom. The van der Waals surface area contributed by atoms with Crippen LogP contribution in [0.5, 0.6) is 0 Å². The summed E-state index contributed by atoms with van der Waals surface area (Å²) in [4.78, 5) is 0. The highest BCUT2D eigenvalue weighted by atomic mass is 79.9. The number of hydrogen-bond donors (Lipinski definition) is 2. The fraction of sp³-hybridized carbons (Fsp3) is 0.647. The molecule has 1 aliphatic carbocycles. The molecule has 1 heterocycles. The number of ether oxygens (including phenoxy) is 1. The van der Waals surface area contributed by atoms with Gasteiger partial charge >= 0.3 is 0 Å². The molecule has 3 rings (SSSR count). The number of rotatable bonds is 4. The number of halogens is 1. The van der Waals surface area contributed by atoms with Gasteiger partial charge in [0, 0.05) is 29.7 Å². The van der Waals surface area contributed by atoms with Gasteiger partial charge in [-0.25, -0.2) is 0 Å². The van der Waals surface area contributed by atoms with Gasteiger partial charge in [-0.05, 0) is 62.3 Å². The van der Waals surface area contributed by atoms with Crippen LogP contribution < -0.4 is 11.1 Å². The van der Waals surface area contributed by atoms with E-state index in [2.05, 4.69) is 46.4 Å². The predicted molar refractivity (Wildman–Crippen MR) is 89.5 cm³/mol. The minimum Gasteiger partial charge on any atom is -0.374 e. The molecule has 2 atom stereocenters. The Kier molecular flexibility index (Phi) is 4.42. The van der Waals surface area contributed by atoms with E-state index in [-0.39, 0.29) is 11.1 Å². The van der Waals surface area contributed by atoms with E-state index in [1.165, 1.54) is 22.0 Å². The van der Waals surface area contributed by atoms with Crippen LogP contribution in [0.1, 0.15) is 37.3 Å². The lowest BCUT2D eigenvalue weighted by atomic mass is 9.77. The first kappa shape index (κ1) is 15.5. The summed E-state index contributed by atoms with van der Waals surface area (Å²) in [5.74, 6) is 0. The third-order valence-electron chi connectivity index (χ3n) is 5.10. The topological polar surface area (TPSA) is 47.3 Å². The third kappa shape index (κ3) is 3.34. The Balaban J connectivity index is 1.71. The molecule has 3 N–H and O–H groups in total. The molecule has 1 aliphatic heterocycles. The number of benzene rings is 1. The van der Waals surface area contributed by atoms with Gasteiger partial charge in [0.15, 0.2) is 0 Å². The van der Waals surface area contributed by atoms with Crippen molar-refractivity contribution in [2.45, 2.75) is 50.2 Å². The first-order valence-corrected chi connectivity index (χ1v) is 8.70. The maximum atomic E-state index is 6.14. The first-order valence-electron chi connectivity index (χ1n) is 7.91. The van der Waals surface area contributed by atoms with Gasteiger partial charge in [-0.3, -0.25) is 0 Å². The van der Waals surface area contributed by atoms with Crippen molar-refractivity contribution in [2.75, 3.05) is 19.7 Å². The average molecular weight is 353 g/mol. The summed E-state index contributed by atoms with van der Waals surface area (Å²) in [5, 5.41) is 3.76. The summed E-state index contributed by atoms with van der Waals surface area (Å²) in [6.07, 6.45) is 5.52. The zero-order valence-corrected chi connectivity index (χ0v) is 14.3. The standard InChI is InChI=1S/C17H25BrN2O/c1-16(6-2-8-21-16)12-20-17(11-19)7-5-13-9-15(18)4-3-14(13)10-17/h3-4,9,20H,2,5-8,10-12,19H2,1H3. The Morgan fingerprint density at radius 3 is 2.90 bits per heavy atom. The molecule has 3 nitrogen and oxygen atoms in total. The van der Waals surface area contributed by atoms with Crippen molar-refractivity contribution in [3.63, 3.8) is 0 Å². The molecule has 1 saturated heterocycles. The molecule has 1 aromatic rings. The van der Waals surface area contributed by atoms with E-state index in [0.717, 1.165) is 38.8 Å². The van der Waals surface area contributed by atoms with E-state index in [1.54, 1.807) is 0 Å². The van der Waals surface area contributed by atoms with Gasteiger partial charge in [0.05, 0.1) is 5.60 Å². The highest BCUT2D eigenvalue weighted by molar-refractivity contribution is 9.10. The average Bonchev–Trinajstić information content (AvgIpc) is 2.93. The Labute approximate surface area is 135 Å². The van der Waals surface area contributed by atoms with Crippen LogP contribution in [0.15, 0.2) is 22.7 Å². The van der Waals surface area contributed by atoms with Gasteiger partial charge in [-0.1, -0.05) is 22.0 Å². The van der Waals surface area contributed by atoms with Crippen LogP contribution in [0, 0.1) is 0 Å². The van der Waals surface area contributed by atoms with Crippen molar-refractivity contribution < 1.29 is 4.74 Å². The minimum atomic E-state index is -0.0117. The summed E-state index contributed by atoms with van der Waals surface area (Å²) < 4.78 is 7.06. The Bertz CT molecular complexity index is 514. The van der Waals surface area contributed by atoms with Gasteiger partial charge < -0.3 is 15.8 Å². The summed E-state index contributed by atoms with van der Waals surface area (Å²) in [5.41, 5.74) is 9.04. The number of fused-ring (bicyclic) bond motifs is 1. The number of nitrogens with one attached hydrogen (secondary N) is 1. The van der Waals surface area contributed by atoms with E-state index in [1.807, 2.05) is 0 Å². The minimum absolute atomic E-state index is 0.0117. The maximum absolute atomic E-state index is 6.14. The molecule has 0 radical (unpaired) electrons. The molecule has 1 aromatic carbocycles. The predicted octanol–water partition coefficient (Wildman–Crippen LogP) is 2.79. The summed E-state index contributed by atoms with van der Waals surface area (Å²) >= 11 is 3.56. The molecular formula is C17H25BrN2O. The van der Waals surface area contributed by atoms with Crippen LogP contribution >= 0.6 is 15.9 Å². The van der Waals surface area contributed by atoms with Gasteiger partial charge in [0.2, 0.25) is 0 Å². The second kappa shape index (κ2) is 5.99. The molecule has 0 amide bonds. The molecule has 0 saturated carbocycles. The molecule has 1 fully saturated rings. The van der Waals surface area contributed by atoms with Gasteiger partial charge in [0.25, 0.3) is 0 Å². The summed E-state index contributed by atoms with van der Waals surface area (Å²) in [6.45, 7) is 4.68. The van der Waals surface area contributed by atoms with E-state index < -0.39 is 0 Å². The Morgan fingerprint density at radius 2 is 2.19 bits per heavy atom. The second-order valence-corrected chi connectivity index (χ2v) is 7.75. The fourth-order valence-corrected chi connectivity index (χ4v) is 3.98. The van der Waals surface area contributed by atoms with E-state index in [0.29, 0.717) is 6.54 Å². The first-order chi connectivity index (χ1) is 10.0. The molecule has 4 heteroatoms. The lowest BCUT2D eigenvalue weighted by Gasteiger charge is -2.40. The van der Waals surface area contributed by atoms with Crippen LogP contribution in [0.3, 0.4) is 0 Å². The van der Waals surface area contributed by atoms with Gasteiger partial charge in [-0.2, -0.15) is 0 Å². The zero-order chi connectivity index (χ0) is 14.9. The lowest BCUT2D eigenvalue weighted by Crippen LogP contribution is -2.58. The molecule has 0 bridgehead atoms. The molecule has 0 aromatic heterocycles. The molecular weight excluding hydrogens is 328 g/mol. The molecule has 2 aliphatic rings. The van der Waals surface area contributed by atoms with Crippen molar-refractivity contribution in [3.05, 3.63) is 33.8 Å². The monoisotopic (exact) mass is 352 g/mol. The van der Waals surface area contributed by atoms with Crippen molar-refractivity contribution in [2.24, 2.45) is 5.73 Å². The van der Waals surface area contributed by atoms with Crippen LogP contribution in [0.2, 0.25) is 0 Å². The second-order valence-electron chi connectivity index (χ2n) is 6.83. The smallest absolute Gasteiger partial charge is 0.0779 e.